The van der Waals surface area contributed by atoms with Crippen molar-refractivity contribution in [2.24, 2.45) is 0 Å². The van der Waals surface area contributed by atoms with Gasteiger partial charge >= 0.3 is 0 Å². The fourth-order valence-corrected chi connectivity index (χ4v) is 9.28. The second-order valence-corrected chi connectivity index (χ2v) is 14.1. The first-order valence-electron chi connectivity index (χ1n) is 19.1. The molecule has 0 amide bonds. The van der Waals surface area contributed by atoms with Crippen LogP contribution in [0.4, 0.5) is 0 Å². The minimum atomic E-state index is -0.235. The molecule has 0 aliphatic rings. The van der Waals surface area contributed by atoms with Crippen LogP contribution < -0.4 is 0 Å². The minimum Gasteiger partial charge on any atom is -0.309 e. The monoisotopic (exact) mass is 670 g/mol. The van der Waals surface area contributed by atoms with Crippen LogP contribution in [0.2, 0.25) is 0 Å². The van der Waals surface area contributed by atoms with Gasteiger partial charge in [-0.05, 0) is 76.8 Å². The zero-order valence-corrected chi connectivity index (χ0v) is 28.1. The average molecular weight is 671 g/mol. The van der Waals surface area contributed by atoms with Gasteiger partial charge in [0.15, 0.2) is 0 Å². The second-order valence-electron chi connectivity index (χ2n) is 13.0. The lowest BCUT2D eigenvalue weighted by Gasteiger charge is -2.14. The Morgan fingerprint density at radius 2 is 1.10 bits per heavy atom. The molecule has 11 rings (SSSR count). The summed E-state index contributed by atoms with van der Waals surface area (Å²) in [6.07, 6.45) is 0. The zero-order valence-electron chi connectivity index (χ0n) is 31.3. The van der Waals surface area contributed by atoms with Gasteiger partial charge in [0.2, 0.25) is 0 Å². The molecule has 2 nitrogen and oxygen atoms in total. The number of fused-ring (bicyclic) bond motifs is 9. The summed E-state index contributed by atoms with van der Waals surface area (Å²) in [7, 11) is 0. The predicted octanol–water partition coefficient (Wildman–Crippen LogP) is 13.6. The molecule has 0 saturated heterocycles. The lowest BCUT2D eigenvalue weighted by molar-refractivity contribution is 1.17. The van der Waals surface area contributed by atoms with Crippen LogP contribution in [0, 0.1) is 0 Å². The summed E-state index contributed by atoms with van der Waals surface area (Å²) in [5, 5.41) is 5.94. The van der Waals surface area contributed by atoms with E-state index in [1.807, 2.05) is 40.2 Å². The van der Waals surface area contributed by atoms with Crippen molar-refractivity contribution in [1.82, 2.24) is 9.13 Å². The van der Waals surface area contributed by atoms with E-state index >= 15 is 0 Å². The van der Waals surface area contributed by atoms with Crippen LogP contribution in [0.25, 0.3) is 97.4 Å². The van der Waals surface area contributed by atoms with Gasteiger partial charge < -0.3 is 9.13 Å². The molecule has 238 valence electrons. The number of thiophene rings is 1. The van der Waals surface area contributed by atoms with Gasteiger partial charge in [-0.2, -0.15) is 0 Å². The summed E-state index contributed by atoms with van der Waals surface area (Å²) >= 11 is 1.84. The van der Waals surface area contributed by atoms with E-state index in [2.05, 4.69) is 138 Å². The van der Waals surface area contributed by atoms with Crippen molar-refractivity contribution in [2.75, 3.05) is 0 Å². The van der Waals surface area contributed by atoms with Crippen LogP contribution in [0.5, 0.6) is 0 Å². The Bertz CT molecular complexity index is 3370. The maximum atomic E-state index is 9.01. The average Bonchev–Trinajstić information content (AvgIpc) is 3.90. The van der Waals surface area contributed by atoms with Crippen molar-refractivity contribution in [3.63, 3.8) is 0 Å². The molecule has 0 aliphatic heterocycles. The SMILES string of the molecule is [2H]c1c([2H])c([2H])c2c(c1[2H])c1ccccc1n2-c1ccc2c(c1)c1ccccc1n2-c1ccc(-c2cccc(-c3ccccc3)c2)c2sc3ccccc3c12. The van der Waals surface area contributed by atoms with E-state index in [0.29, 0.717) is 10.9 Å². The molecule has 0 unspecified atom stereocenters. The number of hydrogen-bond donors (Lipinski definition) is 0. The minimum absolute atomic E-state index is 0.0223. The molecule has 3 aromatic heterocycles. The molecule has 0 bridgehead atoms. The van der Waals surface area contributed by atoms with Gasteiger partial charge in [0.05, 0.1) is 33.2 Å². The van der Waals surface area contributed by atoms with Crippen LogP contribution in [0.15, 0.2) is 182 Å². The summed E-state index contributed by atoms with van der Waals surface area (Å²) in [6.45, 7) is 0. The topological polar surface area (TPSA) is 9.86 Å². The fourth-order valence-electron chi connectivity index (χ4n) is 8.02. The van der Waals surface area contributed by atoms with Gasteiger partial charge in [-0.15, -0.1) is 11.3 Å². The first-order chi connectivity index (χ1) is 27.0. The standard InChI is InChI=1S/C48H30N2S/c1-2-13-31(14-3-1)32-15-12-16-33(29-32)35-26-28-45(47-39-20-7-11-24-46(39)51-48(35)47)50-43-23-10-6-19-38(43)40-30-34(25-27-44(40)50)49-41-21-8-4-17-36(41)37-18-5-9-22-42(37)49/h1-30H/i4D,8D,17D,21D. The van der Waals surface area contributed by atoms with Crippen molar-refractivity contribution in [2.45, 2.75) is 0 Å². The van der Waals surface area contributed by atoms with Crippen molar-refractivity contribution < 1.29 is 5.48 Å². The first-order valence-corrected chi connectivity index (χ1v) is 17.9. The van der Waals surface area contributed by atoms with Gasteiger partial charge in [0, 0.05) is 47.4 Å². The maximum absolute atomic E-state index is 9.01. The molecule has 0 fully saturated rings. The summed E-state index contributed by atoms with van der Waals surface area (Å²) in [6, 6.07) is 54.8. The van der Waals surface area contributed by atoms with Crippen LogP contribution in [-0.2, 0) is 0 Å². The molecule has 8 aromatic carbocycles. The predicted molar refractivity (Wildman–Crippen MR) is 219 cm³/mol. The molecule has 51 heavy (non-hydrogen) atoms. The number of nitrogens with zero attached hydrogens (tertiary/aromatic N) is 2. The molecule has 0 spiro atoms. The Kier molecular flexibility index (Phi) is 5.34. The lowest BCUT2D eigenvalue weighted by atomic mass is 9.97. The normalized spacial score (nSPS) is 13.0. The third-order valence-electron chi connectivity index (χ3n) is 10.2. The third kappa shape index (κ3) is 4.22. The summed E-state index contributed by atoms with van der Waals surface area (Å²) < 4.78 is 41.7. The molecule has 0 aliphatic carbocycles. The number of hydrogen-bond acceptors (Lipinski definition) is 1. The molecule has 0 N–H and O–H groups in total. The van der Waals surface area contributed by atoms with Crippen molar-refractivity contribution in [3.05, 3.63) is 182 Å². The van der Waals surface area contributed by atoms with E-state index in [4.69, 9.17) is 5.48 Å². The third-order valence-corrected chi connectivity index (χ3v) is 11.4. The van der Waals surface area contributed by atoms with E-state index in [1.54, 1.807) is 0 Å². The number of aromatic nitrogens is 2. The van der Waals surface area contributed by atoms with Crippen molar-refractivity contribution >= 4 is 75.1 Å². The molecule has 0 atom stereocenters. The van der Waals surface area contributed by atoms with Crippen LogP contribution >= 0.6 is 11.3 Å². The van der Waals surface area contributed by atoms with Gasteiger partial charge in [-0.1, -0.05) is 127 Å². The van der Waals surface area contributed by atoms with Gasteiger partial charge in [0.1, 0.15) is 0 Å². The smallest absolute Gasteiger partial charge is 0.0645 e. The Morgan fingerprint density at radius 1 is 0.431 bits per heavy atom. The van der Waals surface area contributed by atoms with E-state index in [0.717, 1.165) is 44.1 Å². The number of benzene rings is 8. The number of para-hydroxylation sites is 3. The van der Waals surface area contributed by atoms with E-state index in [1.165, 1.54) is 42.4 Å². The molecule has 0 saturated carbocycles. The van der Waals surface area contributed by atoms with Gasteiger partial charge in [0.25, 0.3) is 0 Å². The maximum Gasteiger partial charge on any atom is 0.0645 e. The highest BCUT2D eigenvalue weighted by Crippen LogP contribution is 2.46. The zero-order chi connectivity index (χ0) is 36.9. The number of rotatable bonds is 4. The Balaban J connectivity index is 1.18. The summed E-state index contributed by atoms with van der Waals surface area (Å²) in [5.74, 6) is 0. The fraction of sp³-hybridized carbons (Fsp3) is 0. The second kappa shape index (κ2) is 11.0. The highest BCUT2D eigenvalue weighted by Gasteiger charge is 2.21. The molecule has 3 heteroatoms. The van der Waals surface area contributed by atoms with Crippen LogP contribution in [-0.4, -0.2) is 9.13 Å². The molecule has 0 radical (unpaired) electrons. The van der Waals surface area contributed by atoms with Crippen LogP contribution in [0.1, 0.15) is 5.48 Å². The Labute approximate surface area is 304 Å². The van der Waals surface area contributed by atoms with Gasteiger partial charge in [-0.25, -0.2) is 0 Å². The quantitative estimate of drug-likeness (QED) is 0.176. The van der Waals surface area contributed by atoms with Crippen molar-refractivity contribution in [3.8, 4) is 33.6 Å². The highest BCUT2D eigenvalue weighted by molar-refractivity contribution is 7.26. The van der Waals surface area contributed by atoms with E-state index in [9.17, 15) is 0 Å². The lowest BCUT2D eigenvalue weighted by Crippen LogP contribution is -1.97. The van der Waals surface area contributed by atoms with E-state index in [-0.39, 0.29) is 24.2 Å². The first kappa shape index (κ1) is 24.7. The largest absolute Gasteiger partial charge is 0.309 e. The molecule has 11 aromatic rings. The highest BCUT2D eigenvalue weighted by atomic mass is 32.1. The van der Waals surface area contributed by atoms with Crippen molar-refractivity contribution in [1.29, 1.82) is 0 Å². The van der Waals surface area contributed by atoms with Crippen LogP contribution in [0.3, 0.4) is 0 Å². The van der Waals surface area contributed by atoms with Gasteiger partial charge in [-0.3, -0.25) is 0 Å². The summed E-state index contributed by atoms with van der Waals surface area (Å²) in [5.41, 5.74) is 10.2. The summed E-state index contributed by atoms with van der Waals surface area (Å²) in [4.78, 5) is 0. The molecule has 3 heterocycles. The Hall–Kier alpha value is -6.42. The molecular weight excluding hydrogens is 637 g/mol. The van der Waals surface area contributed by atoms with E-state index < -0.39 is 0 Å². The Morgan fingerprint density at radius 3 is 1.96 bits per heavy atom. The molecular formula is C48H30N2S.